The highest BCUT2D eigenvalue weighted by Crippen LogP contribution is 2.25. The zero-order chi connectivity index (χ0) is 13.5. The van der Waals surface area contributed by atoms with Gasteiger partial charge in [0.2, 0.25) is 5.91 Å². The Morgan fingerprint density at radius 1 is 1.39 bits per heavy atom. The van der Waals surface area contributed by atoms with E-state index in [1.54, 1.807) is 0 Å². The number of carbonyl (C=O) groups is 1. The van der Waals surface area contributed by atoms with Crippen molar-refractivity contribution in [2.24, 2.45) is 0 Å². The standard InChI is InChI=1S/C15H26N2O/c1-5-6-7-8-11-16-15(18)14(4)17-12(2)9-10-13(17)3/h1,12-14H,6-11H2,2-4H3,(H,16,18). The van der Waals surface area contributed by atoms with Crippen molar-refractivity contribution >= 4 is 5.91 Å². The summed E-state index contributed by atoms with van der Waals surface area (Å²) in [6.07, 6.45) is 10.3. The molecule has 1 amide bonds. The Bertz CT molecular complexity index is 298. The molecule has 1 fully saturated rings. The fraction of sp³-hybridized carbons (Fsp3) is 0.800. The van der Waals surface area contributed by atoms with Crippen LogP contribution in [0, 0.1) is 12.3 Å². The van der Waals surface area contributed by atoms with Gasteiger partial charge in [-0.3, -0.25) is 9.69 Å². The number of nitrogens with one attached hydrogen (secondary N) is 1. The lowest BCUT2D eigenvalue weighted by molar-refractivity contribution is -0.126. The zero-order valence-electron chi connectivity index (χ0n) is 11.9. The minimum Gasteiger partial charge on any atom is -0.355 e. The average molecular weight is 250 g/mol. The summed E-state index contributed by atoms with van der Waals surface area (Å²) in [7, 11) is 0. The number of unbranched alkanes of at least 4 members (excludes halogenated alkanes) is 2. The molecule has 102 valence electrons. The molecule has 3 unspecified atom stereocenters. The van der Waals surface area contributed by atoms with E-state index in [1.807, 2.05) is 6.92 Å². The predicted molar refractivity (Wildman–Crippen MR) is 75.2 cm³/mol. The molecule has 1 heterocycles. The molecule has 0 aromatic rings. The maximum atomic E-state index is 12.1. The van der Waals surface area contributed by atoms with Crippen LogP contribution >= 0.6 is 0 Å². The van der Waals surface area contributed by atoms with Gasteiger partial charge in [-0.15, -0.1) is 12.3 Å². The second kappa shape index (κ2) is 7.43. The predicted octanol–water partition coefficient (Wildman–Crippen LogP) is 2.17. The number of terminal acetylenes is 1. The van der Waals surface area contributed by atoms with Crippen LogP contribution < -0.4 is 5.32 Å². The van der Waals surface area contributed by atoms with Gasteiger partial charge in [0, 0.05) is 25.0 Å². The maximum Gasteiger partial charge on any atom is 0.237 e. The van der Waals surface area contributed by atoms with E-state index in [-0.39, 0.29) is 11.9 Å². The third-order valence-corrected chi connectivity index (χ3v) is 3.89. The lowest BCUT2D eigenvalue weighted by Crippen LogP contribution is -2.49. The van der Waals surface area contributed by atoms with Gasteiger partial charge in [-0.25, -0.2) is 0 Å². The van der Waals surface area contributed by atoms with Gasteiger partial charge in [-0.1, -0.05) is 0 Å². The smallest absolute Gasteiger partial charge is 0.237 e. The molecule has 1 aliphatic heterocycles. The number of likely N-dealkylation sites (tertiary alicyclic amines) is 1. The van der Waals surface area contributed by atoms with E-state index in [9.17, 15) is 4.79 Å². The van der Waals surface area contributed by atoms with Crippen LogP contribution in [0.3, 0.4) is 0 Å². The SMILES string of the molecule is C#CCCCCNC(=O)C(C)N1C(C)CCC1C. The molecule has 0 aromatic carbocycles. The van der Waals surface area contributed by atoms with Crippen LogP contribution in [-0.4, -0.2) is 35.5 Å². The summed E-state index contributed by atoms with van der Waals surface area (Å²) in [6, 6.07) is 1.01. The molecule has 3 atom stereocenters. The third-order valence-electron chi connectivity index (χ3n) is 3.89. The molecule has 0 radical (unpaired) electrons. The molecule has 18 heavy (non-hydrogen) atoms. The van der Waals surface area contributed by atoms with E-state index in [0.717, 1.165) is 25.8 Å². The van der Waals surface area contributed by atoms with Crippen molar-refractivity contribution in [2.75, 3.05) is 6.54 Å². The van der Waals surface area contributed by atoms with Gasteiger partial charge in [0.05, 0.1) is 6.04 Å². The fourth-order valence-electron chi connectivity index (χ4n) is 2.83. The molecule has 0 bridgehead atoms. The van der Waals surface area contributed by atoms with E-state index in [4.69, 9.17) is 6.42 Å². The second-order valence-electron chi connectivity index (χ2n) is 5.35. The number of rotatable bonds is 6. The van der Waals surface area contributed by atoms with Crippen molar-refractivity contribution in [3.63, 3.8) is 0 Å². The van der Waals surface area contributed by atoms with Crippen molar-refractivity contribution < 1.29 is 4.79 Å². The molecule has 3 heteroatoms. The Kier molecular flexibility index (Phi) is 6.21. The quantitative estimate of drug-likeness (QED) is 0.579. The molecular weight excluding hydrogens is 224 g/mol. The Morgan fingerprint density at radius 2 is 2.00 bits per heavy atom. The summed E-state index contributed by atoms with van der Waals surface area (Å²) in [5.74, 6) is 2.76. The fourth-order valence-corrected chi connectivity index (χ4v) is 2.83. The van der Waals surface area contributed by atoms with Crippen LogP contribution in [0.2, 0.25) is 0 Å². The largest absolute Gasteiger partial charge is 0.355 e. The van der Waals surface area contributed by atoms with Gasteiger partial charge in [0.1, 0.15) is 0 Å². The second-order valence-corrected chi connectivity index (χ2v) is 5.35. The lowest BCUT2D eigenvalue weighted by Gasteiger charge is -2.31. The highest BCUT2D eigenvalue weighted by Gasteiger charge is 2.33. The van der Waals surface area contributed by atoms with Crippen molar-refractivity contribution in [1.29, 1.82) is 0 Å². The Hall–Kier alpha value is -1.01. The molecular formula is C15H26N2O. The maximum absolute atomic E-state index is 12.1. The molecule has 1 rings (SSSR count). The van der Waals surface area contributed by atoms with Crippen LogP contribution in [0.5, 0.6) is 0 Å². The average Bonchev–Trinajstić information content (AvgIpc) is 2.67. The van der Waals surface area contributed by atoms with E-state index < -0.39 is 0 Å². The molecule has 0 saturated carbocycles. The van der Waals surface area contributed by atoms with E-state index in [0.29, 0.717) is 12.1 Å². The normalized spacial score (nSPS) is 25.7. The van der Waals surface area contributed by atoms with Gasteiger partial charge in [0.15, 0.2) is 0 Å². The first-order valence-electron chi connectivity index (χ1n) is 7.06. The van der Waals surface area contributed by atoms with Crippen LogP contribution in [0.15, 0.2) is 0 Å². The summed E-state index contributed by atoms with van der Waals surface area (Å²) < 4.78 is 0. The van der Waals surface area contributed by atoms with Crippen LogP contribution in [0.25, 0.3) is 0 Å². The van der Waals surface area contributed by atoms with Gasteiger partial charge in [-0.05, 0) is 46.5 Å². The Morgan fingerprint density at radius 3 is 2.56 bits per heavy atom. The molecule has 0 spiro atoms. The third kappa shape index (κ3) is 4.03. The number of carbonyl (C=O) groups excluding carboxylic acids is 1. The first kappa shape index (κ1) is 15.0. The summed E-state index contributed by atoms with van der Waals surface area (Å²) >= 11 is 0. The Balaban J connectivity index is 2.30. The van der Waals surface area contributed by atoms with E-state index >= 15 is 0 Å². The van der Waals surface area contributed by atoms with Crippen LogP contribution in [0.1, 0.15) is 52.9 Å². The molecule has 1 N–H and O–H groups in total. The van der Waals surface area contributed by atoms with E-state index in [2.05, 4.69) is 30.0 Å². The first-order valence-corrected chi connectivity index (χ1v) is 7.06. The summed E-state index contributed by atoms with van der Waals surface area (Å²) in [6.45, 7) is 7.16. The van der Waals surface area contributed by atoms with Crippen molar-refractivity contribution in [3.05, 3.63) is 0 Å². The summed E-state index contributed by atoms with van der Waals surface area (Å²) in [4.78, 5) is 14.4. The molecule has 0 aromatic heterocycles. The number of hydrogen-bond donors (Lipinski definition) is 1. The minimum atomic E-state index is -0.0230. The zero-order valence-corrected chi connectivity index (χ0v) is 11.9. The Labute approximate surface area is 111 Å². The topological polar surface area (TPSA) is 32.3 Å². The van der Waals surface area contributed by atoms with Crippen molar-refractivity contribution in [1.82, 2.24) is 10.2 Å². The van der Waals surface area contributed by atoms with Crippen LogP contribution in [-0.2, 0) is 4.79 Å². The number of hydrogen-bond acceptors (Lipinski definition) is 2. The highest BCUT2D eigenvalue weighted by molar-refractivity contribution is 5.81. The van der Waals surface area contributed by atoms with Crippen molar-refractivity contribution in [3.8, 4) is 12.3 Å². The van der Waals surface area contributed by atoms with Gasteiger partial charge >= 0.3 is 0 Å². The monoisotopic (exact) mass is 250 g/mol. The molecule has 1 saturated heterocycles. The van der Waals surface area contributed by atoms with Gasteiger partial charge in [-0.2, -0.15) is 0 Å². The van der Waals surface area contributed by atoms with Gasteiger partial charge in [0.25, 0.3) is 0 Å². The molecule has 3 nitrogen and oxygen atoms in total. The molecule has 0 aliphatic carbocycles. The summed E-state index contributed by atoms with van der Waals surface area (Å²) in [5.41, 5.74) is 0. The lowest BCUT2D eigenvalue weighted by atomic mass is 10.2. The number of nitrogens with zero attached hydrogens (tertiary/aromatic N) is 1. The van der Waals surface area contributed by atoms with Gasteiger partial charge < -0.3 is 5.32 Å². The molecule has 1 aliphatic rings. The van der Waals surface area contributed by atoms with Crippen molar-refractivity contribution in [2.45, 2.75) is 71.0 Å². The minimum absolute atomic E-state index is 0.0230. The summed E-state index contributed by atoms with van der Waals surface area (Å²) in [5, 5.41) is 3.01. The first-order chi connectivity index (χ1) is 8.57. The van der Waals surface area contributed by atoms with Crippen LogP contribution in [0.4, 0.5) is 0 Å². The van der Waals surface area contributed by atoms with E-state index in [1.165, 1.54) is 12.8 Å². The highest BCUT2D eigenvalue weighted by atomic mass is 16.2. The number of amides is 1.